The monoisotopic (exact) mass is 226 g/mol. The van der Waals surface area contributed by atoms with Crippen molar-refractivity contribution in [1.82, 2.24) is 0 Å². The highest BCUT2D eigenvalue weighted by atomic mass is 16.5. The van der Waals surface area contributed by atoms with Crippen LogP contribution in [0, 0.1) is 5.92 Å². The van der Waals surface area contributed by atoms with Gasteiger partial charge in [-0.2, -0.15) is 0 Å². The standard InChI is InChI=1S/C14H26O2/c1-2-3-11-14(15)16-12-7-6-10-13-8-4-5-9-13/h13H,2-12H2,1H3. The molecule has 94 valence electrons. The molecule has 2 heteroatoms. The van der Waals surface area contributed by atoms with E-state index in [1.165, 1.54) is 38.5 Å². The van der Waals surface area contributed by atoms with Crippen molar-refractivity contribution in [2.45, 2.75) is 71.1 Å². The van der Waals surface area contributed by atoms with Gasteiger partial charge in [0.2, 0.25) is 0 Å². The highest BCUT2D eigenvalue weighted by molar-refractivity contribution is 5.69. The molecule has 1 rings (SSSR count). The van der Waals surface area contributed by atoms with E-state index in [4.69, 9.17) is 4.74 Å². The van der Waals surface area contributed by atoms with Gasteiger partial charge in [0.15, 0.2) is 0 Å². The summed E-state index contributed by atoms with van der Waals surface area (Å²) in [6.45, 7) is 2.73. The van der Waals surface area contributed by atoms with Crippen LogP contribution in [0.3, 0.4) is 0 Å². The van der Waals surface area contributed by atoms with Crippen LogP contribution in [-0.4, -0.2) is 12.6 Å². The summed E-state index contributed by atoms with van der Waals surface area (Å²) in [5.74, 6) is 0.957. The average molecular weight is 226 g/mol. The molecular weight excluding hydrogens is 200 g/mol. The average Bonchev–Trinajstić information content (AvgIpc) is 2.79. The second-order valence-corrected chi connectivity index (χ2v) is 4.97. The number of hydrogen-bond acceptors (Lipinski definition) is 2. The molecule has 0 unspecified atom stereocenters. The highest BCUT2D eigenvalue weighted by Gasteiger charge is 2.13. The lowest BCUT2D eigenvalue weighted by Gasteiger charge is -2.08. The predicted octanol–water partition coefficient (Wildman–Crippen LogP) is 4.08. The Balaban J connectivity index is 1.85. The topological polar surface area (TPSA) is 26.3 Å². The van der Waals surface area contributed by atoms with Crippen LogP contribution in [0.2, 0.25) is 0 Å². The summed E-state index contributed by atoms with van der Waals surface area (Å²) in [6, 6.07) is 0. The minimum Gasteiger partial charge on any atom is -0.466 e. The first-order valence-electron chi connectivity index (χ1n) is 6.98. The Kier molecular flexibility index (Phi) is 7.28. The second kappa shape index (κ2) is 8.60. The molecule has 16 heavy (non-hydrogen) atoms. The fourth-order valence-corrected chi connectivity index (χ4v) is 2.41. The molecule has 0 spiro atoms. The maximum absolute atomic E-state index is 11.2. The number of hydrogen-bond donors (Lipinski definition) is 0. The summed E-state index contributed by atoms with van der Waals surface area (Å²) in [7, 11) is 0. The number of rotatable bonds is 8. The molecule has 0 aromatic rings. The zero-order valence-corrected chi connectivity index (χ0v) is 10.7. The SMILES string of the molecule is CCCCC(=O)OCCCCC1CCCC1. The first-order valence-corrected chi connectivity index (χ1v) is 6.98. The minimum absolute atomic E-state index is 0.0114. The van der Waals surface area contributed by atoms with Gasteiger partial charge in [0.1, 0.15) is 0 Å². The van der Waals surface area contributed by atoms with Crippen molar-refractivity contribution in [3.05, 3.63) is 0 Å². The molecule has 1 fully saturated rings. The molecule has 1 aliphatic rings. The molecule has 2 nitrogen and oxygen atoms in total. The Morgan fingerprint density at radius 2 is 1.94 bits per heavy atom. The van der Waals surface area contributed by atoms with Gasteiger partial charge >= 0.3 is 5.97 Å². The number of unbranched alkanes of at least 4 members (excludes halogenated alkanes) is 2. The van der Waals surface area contributed by atoms with Crippen molar-refractivity contribution >= 4 is 5.97 Å². The molecular formula is C14H26O2. The summed E-state index contributed by atoms with van der Waals surface area (Å²) in [5.41, 5.74) is 0. The van der Waals surface area contributed by atoms with Crippen LogP contribution in [0.25, 0.3) is 0 Å². The number of carbonyl (C=O) groups is 1. The quantitative estimate of drug-likeness (QED) is 0.460. The van der Waals surface area contributed by atoms with E-state index < -0.39 is 0 Å². The van der Waals surface area contributed by atoms with Crippen molar-refractivity contribution in [3.8, 4) is 0 Å². The Hall–Kier alpha value is -0.530. The Morgan fingerprint density at radius 1 is 1.19 bits per heavy atom. The van der Waals surface area contributed by atoms with Gasteiger partial charge in [0, 0.05) is 6.42 Å². The van der Waals surface area contributed by atoms with Crippen LogP contribution in [0.4, 0.5) is 0 Å². The van der Waals surface area contributed by atoms with Crippen LogP contribution in [0.1, 0.15) is 71.1 Å². The lowest BCUT2D eigenvalue weighted by atomic mass is 10.0. The first kappa shape index (κ1) is 13.5. The van der Waals surface area contributed by atoms with Gasteiger partial charge in [-0.3, -0.25) is 4.79 Å². The van der Waals surface area contributed by atoms with Crippen molar-refractivity contribution < 1.29 is 9.53 Å². The third-order valence-electron chi connectivity index (χ3n) is 3.48. The van der Waals surface area contributed by atoms with E-state index in [0.29, 0.717) is 13.0 Å². The fraction of sp³-hybridized carbons (Fsp3) is 0.929. The van der Waals surface area contributed by atoms with Gasteiger partial charge in [-0.15, -0.1) is 0 Å². The summed E-state index contributed by atoms with van der Waals surface area (Å²) in [5, 5.41) is 0. The van der Waals surface area contributed by atoms with Gasteiger partial charge in [-0.05, 0) is 25.2 Å². The maximum Gasteiger partial charge on any atom is 0.305 e. The Labute approximate surface area is 99.8 Å². The largest absolute Gasteiger partial charge is 0.466 e. The predicted molar refractivity (Wildman–Crippen MR) is 66.3 cm³/mol. The lowest BCUT2D eigenvalue weighted by molar-refractivity contribution is -0.143. The van der Waals surface area contributed by atoms with Gasteiger partial charge < -0.3 is 4.74 Å². The molecule has 0 heterocycles. The number of carbonyl (C=O) groups excluding carboxylic acids is 1. The maximum atomic E-state index is 11.2. The van der Waals surface area contributed by atoms with E-state index in [9.17, 15) is 4.79 Å². The summed E-state index contributed by atoms with van der Waals surface area (Å²) in [6.07, 6.45) is 11.9. The van der Waals surface area contributed by atoms with E-state index >= 15 is 0 Å². The first-order chi connectivity index (χ1) is 7.83. The van der Waals surface area contributed by atoms with Gasteiger partial charge in [0.25, 0.3) is 0 Å². The summed E-state index contributed by atoms with van der Waals surface area (Å²) < 4.78 is 5.17. The molecule has 0 saturated heterocycles. The van der Waals surface area contributed by atoms with Crippen molar-refractivity contribution in [2.75, 3.05) is 6.61 Å². The highest BCUT2D eigenvalue weighted by Crippen LogP contribution is 2.28. The summed E-state index contributed by atoms with van der Waals surface area (Å²) in [4.78, 5) is 11.2. The molecule has 0 radical (unpaired) electrons. The van der Waals surface area contributed by atoms with E-state index in [-0.39, 0.29) is 5.97 Å². The van der Waals surface area contributed by atoms with Gasteiger partial charge in [0.05, 0.1) is 6.61 Å². The van der Waals surface area contributed by atoms with Crippen LogP contribution in [-0.2, 0) is 9.53 Å². The number of ether oxygens (including phenoxy) is 1. The molecule has 0 aromatic heterocycles. The van der Waals surface area contributed by atoms with E-state index in [1.54, 1.807) is 0 Å². The van der Waals surface area contributed by atoms with E-state index in [1.807, 2.05) is 0 Å². The zero-order valence-electron chi connectivity index (χ0n) is 10.7. The van der Waals surface area contributed by atoms with Gasteiger partial charge in [-0.1, -0.05) is 45.4 Å². The van der Waals surface area contributed by atoms with Crippen molar-refractivity contribution in [1.29, 1.82) is 0 Å². The second-order valence-electron chi connectivity index (χ2n) is 4.97. The molecule has 0 N–H and O–H groups in total. The number of esters is 1. The van der Waals surface area contributed by atoms with Crippen LogP contribution >= 0.6 is 0 Å². The fourth-order valence-electron chi connectivity index (χ4n) is 2.41. The molecule has 1 saturated carbocycles. The third kappa shape index (κ3) is 6.14. The Bertz CT molecular complexity index is 183. The normalized spacial score (nSPS) is 16.6. The smallest absolute Gasteiger partial charge is 0.305 e. The molecule has 0 aliphatic heterocycles. The van der Waals surface area contributed by atoms with E-state index in [2.05, 4.69) is 6.92 Å². The zero-order chi connectivity index (χ0) is 11.6. The Morgan fingerprint density at radius 3 is 2.62 bits per heavy atom. The molecule has 0 atom stereocenters. The minimum atomic E-state index is -0.0114. The molecule has 0 amide bonds. The van der Waals surface area contributed by atoms with Crippen LogP contribution < -0.4 is 0 Å². The summed E-state index contributed by atoms with van der Waals surface area (Å²) >= 11 is 0. The van der Waals surface area contributed by atoms with Crippen LogP contribution in [0.5, 0.6) is 0 Å². The van der Waals surface area contributed by atoms with Crippen molar-refractivity contribution in [2.24, 2.45) is 5.92 Å². The van der Waals surface area contributed by atoms with E-state index in [0.717, 1.165) is 25.2 Å². The van der Waals surface area contributed by atoms with Crippen molar-refractivity contribution in [3.63, 3.8) is 0 Å². The molecule has 1 aliphatic carbocycles. The van der Waals surface area contributed by atoms with Crippen LogP contribution in [0.15, 0.2) is 0 Å². The molecule has 0 aromatic carbocycles. The lowest BCUT2D eigenvalue weighted by Crippen LogP contribution is -2.05. The van der Waals surface area contributed by atoms with Gasteiger partial charge in [-0.25, -0.2) is 0 Å². The molecule has 0 bridgehead atoms. The third-order valence-corrected chi connectivity index (χ3v) is 3.48.